The Hall–Kier alpha value is -3.33. The molecule has 0 saturated carbocycles. The minimum Gasteiger partial charge on any atom is -0.383 e. The average molecular weight is 514 g/mol. The van der Waals surface area contributed by atoms with Crippen molar-refractivity contribution in [2.45, 2.75) is 51.2 Å². The van der Waals surface area contributed by atoms with E-state index in [-0.39, 0.29) is 42.9 Å². The number of nitrogens with zero attached hydrogens (tertiary/aromatic N) is 1. The topological polar surface area (TPSA) is 87.7 Å². The van der Waals surface area contributed by atoms with Crippen molar-refractivity contribution >= 4 is 17.7 Å². The zero-order valence-corrected chi connectivity index (χ0v) is 21.3. The van der Waals surface area contributed by atoms with Crippen LogP contribution >= 0.6 is 0 Å². The van der Waals surface area contributed by atoms with Gasteiger partial charge in [0.05, 0.1) is 6.61 Å². The summed E-state index contributed by atoms with van der Waals surface area (Å²) in [6.45, 7) is 4.14. The van der Waals surface area contributed by atoms with Gasteiger partial charge < -0.3 is 20.3 Å². The number of hydrogen-bond donors (Lipinski definition) is 2. The molecule has 1 heterocycles. The van der Waals surface area contributed by atoms with E-state index in [2.05, 4.69) is 10.6 Å². The van der Waals surface area contributed by atoms with Crippen LogP contribution < -0.4 is 10.6 Å². The van der Waals surface area contributed by atoms with Gasteiger partial charge in [-0.2, -0.15) is 0 Å². The Morgan fingerprint density at radius 3 is 2.41 bits per heavy atom. The molecule has 37 heavy (non-hydrogen) atoms. The van der Waals surface area contributed by atoms with Gasteiger partial charge in [-0.3, -0.25) is 14.4 Å². The average Bonchev–Trinajstić information content (AvgIpc) is 3.28. The fourth-order valence-electron chi connectivity index (χ4n) is 5.39. The van der Waals surface area contributed by atoms with E-state index in [1.165, 1.54) is 12.0 Å². The number of piperazine rings is 1. The largest absolute Gasteiger partial charge is 0.383 e. The van der Waals surface area contributed by atoms with Crippen LogP contribution in [0, 0.1) is 23.5 Å². The minimum absolute atomic E-state index is 0.00797. The molecule has 1 aliphatic heterocycles. The lowest BCUT2D eigenvalue weighted by Gasteiger charge is -2.44. The Labute approximate surface area is 215 Å². The summed E-state index contributed by atoms with van der Waals surface area (Å²) >= 11 is 0. The Balaban J connectivity index is 1.75. The molecule has 0 spiro atoms. The highest BCUT2D eigenvalue weighted by atomic mass is 19.1. The molecule has 198 valence electrons. The minimum atomic E-state index is -1.45. The number of fused-ring (bicyclic) bond motifs is 1. The summed E-state index contributed by atoms with van der Waals surface area (Å²) in [5.41, 5.74) is 2.06. The molecule has 2 aromatic rings. The maximum Gasteiger partial charge on any atom is 0.247 e. The maximum atomic E-state index is 15.1. The van der Waals surface area contributed by atoms with Gasteiger partial charge in [-0.1, -0.05) is 44.2 Å². The van der Waals surface area contributed by atoms with E-state index < -0.39 is 41.6 Å². The molecule has 3 atom stereocenters. The lowest BCUT2D eigenvalue weighted by molar-refractivity contribution is -0.158. The van der Waals surface area contributed by atoms with E-state index in [1.54, 1.807) is 0 Å². The molecule has 9 heteroatoms. The molecule has 2 N–H and O–H groups in total. The predicted molar refractivity (Wildman–Crippen MR) is 133 cm³/mol. The zero-order chi connectivity index (χ0) is 26.7. The molecule has 0 aromatic heterocycles. The van der Waals surface area contributed by atoms with Crippen molar-refractivity contribution in [1.82, 2.24) is 15.5 Å². The Kier molecular flexibility index (Phi) is 8.22. The first-order valence-electron chi connectivity index (χ1n) is 12.6. The maximum absolute atomic E-state index is 15.1. The van der Waals surface area contributed by atoms with Crippen LogP contribution in [-0.4, -0.2) is 55.0 Å². The van der Waals surface area contributed by atoms with Crippen molar-refractivity contribution < 1.29 is 27.9 Å². The summed E-state index contributed by atoms with van der Waals surface area (Å²) < 4.78 is 33.9. The SMILES string of the molecule is COCCNC(=O)[C@@H](c1ccc(F)cc1F)N1C(=O)[C@@H](C2Cc3ccccc3C2)NC(=O)[C@H]1CC(C)C. The van der Waals surface area contributed by atoms with Crippen LogP contribution in [0.1, 0.15) is 43.0 Å². The van der Waals surface area contributed by atoms with E-state index in [9.17, 15) is 18.8 Å². The van der Waals surface area contributed by atoms with Gasteiger partial charge in [0.15, 0.2) is 0 Å². The number of benzene rings is 2. The predicted octanol–water partition coefficient (Wildman–Crippen LogP) is 2.93. The van der Waals surface area contributed by atoms with E-state index in [0.717, 1.165) is 23.3 Å². The Morgan fingerprint density at radius 1 is 1.14 bits per heavy atom. The third kappa shape index (κ3) is 5.66. The highest BCUT2D eigenvalue weighted by Crippen LogP contribution is 2.36. The van der Waals surface area contributed by atoms with Crippen LogP contribution in [0.4, 0.5) is 8.78 Å². The Bertz CT molecular complexity index is 1150. The summed E-state index contributed by atoms with van der Waals surface area (Å²) in [5.74, 6) is -3.44. The number of hydrogen-bond acceptors (Lipinski definition) is 4. The molecule has 1 fully saturated rings. The molecule has 4 rings (SSSR count). The van der Waals surface area contributed by atoms with Crippen LogP contribution in [0.2, 0.25) is 0 Å². The first-order chi connectivity index (χ1) is 17.7. The van der Waals surface area contributed by atoms with E-state index in [4.69, 9.17) is 4.74 Å². The standard InChI is InChI=1S/C28H33F2N3O4/c1-16(2)12-23-26(34)32-24(19-13-17-6-4-5-7-18(17)14-19)28(36)33(23)25(27(35)31-10-11-37-3)21-9-8-20(29)15-22(21)30/h4-9,15-16,19,23-25H,10-14H2,1-3H3,(H,31,35)(H,32,34)/t23-,24-,25-/m1/s1. The van der Waals surface area contributed by atoms with Gasteiger partial charge >= 0.3 is 0 Å². The third-order valence-electron chi connectivity index (χ3n) is 7.09. The number of methoxy groups -OCH3 is 1. The van der Waals surface area contributed by atoms with Gasteiger partial charge in [-0.25, -0.2) is 8.78 Å². The third-order valence-corrected chi connectivity index (χ3v) is 7.09. The summed E-state index contributed by atoms with van der Waals surface area (Å²) in [4.78, 5) is 42.3. The van der Waals surface area contributed by atoms with Crippen LogP contribution in [0.25, 0.3) is 0 Å². The summed E-state index contributed by atoms with van der Waals surface area (Å²) in [7, 11) is 1.48. The molecule has 7 nitrogen and oxygen atoms in total. The van der Waals surface area contributed by atoms with Gasteiger partial charge in [0.1, 0.15) is 29.8 Å². The molecule has 3 amide bonds. The molecule has 0 bridgehead atoms. The van der Waals surface area contributed by atoms with Crippen molar-refractivity contribution in [3.8, 4) is 0 Å². The monoisotopic (exact) mass is 513 g/mol. The first kappa shape index (κ1) is 26.7. The summed E-state index contributed by atoms with van der Waals surface area (Å²) in [6, 6.07) is 7.45. The van der Waals surface area contributed by atoms with Crippen molar-refractivity contribution in [1.29, 1.82) is 0 Å². The van der Waals surface area contributed by atoms with E-state index in [1.807, 2.05) is 38.1 Å². The molecule has 2 aromatic carbocycles. The molecular weight excluding hydrogens is 480 g/mol. The van der Waals surface area contributed by atoms with Crippen molar-refractivity contribution in [3.05, 3.63) is 70.8 Å². The number of carbonyl (C=O) groups excluding carboxylic acids is 3. The van der Waals surface area contributed by atoms with Crippen LogP contribution in [0.5, 0.6) is 0 Å². The van der Waals surface area contributed by atoms with Crippen molar-refractivity contribution in [2.24, 2.45) is 11.8 Å². The van der Waals surface area contributed by atoms with Crippen molar-refractivity contribution in [2.75, 3.05) is 20.3 Å². The molecule has 0 unspecified atom stereocenters. The van der Waals surface area contributed by atoms with E-state index in [0.29, 0.717) is 18.9 Å². The molecular formula is C28H33F2N3O4. The number of nitrogens with one attached hydrogen (secondary N) is 2. The number of halogens is 2. The van der Waals surface area contributed by atoms with Gasteiger partial charge in [0.25, 0.3) is 0 Å². The van der Waals surface area contributed by atoms with Gasteiger partial charge in [0, 0.05) is 25.3 Å². The quantitative estimate of drug-likeness (QED) is 0.505. The van der Waals surface area contributed by atoms with Crippen LogP contribution in [0.3, 0.4) is 0 Å². The van der Waals surface area contributed by atoms with Crippen molar-refractivity contribution in [3.63, 3.8) is 0 Å². The second-order valence-corrected chi connectivity index (χ2v) is 10.2. The van der Waals surface area contributed by atoms with Gasteiger partial charge in [0.2, 0.25) is 17.7 Å². The molecule has 0 radical (unpaired) electrons. The second-order valence-electron chi connectivity index (χ2n) is 10.2. The number of rotatable bonds is 9. The van der Waals surface area contributed by atoms with Crippen LogP contribution in [0.15, 0.2) is 42.5 Å². The first-order valence-corrected chi connectivity index (χ1v) is 12.6. The summed E-state index contributed by atoms with van der Waals surface area (Å²) in [5, 5.41) is 5.59. The second kappa shape index (κ2) is 11.4. The lowest BCUT2D eigenvalue weighted by Crippen LogP contribution is -2.67. The molecule has 2 aliphatic rings. The Morgan fingerprint density at radius 2 is 1.81 bits per heavy atom. The molecule has 1 aliphatic carbocycles. The fourth-order valence-corrected chi connectivity index (χ4v) is 5.39. The summed E-state index contributed by atoms with van der Waals surface area (Å²) in [6.07, 6.45) is 1.48. The highest BCUT2D eigenvalue weighted by molar-refractivity contribution is 6.00. The molecule has 1 saturated heterocycles. The normalized spacial score (nSPS) is 20.6. The van der Waals surface area contributed by atoms with Gasteiger partial charge in [-0.05, 0) is 48.3 Å². The number of ether oxygens (including phenoxy) is 1. The van der Waals surface area contributed by atoms with Crippen LogP contribution in [-0.2, 0) is 32.0 Å². The lowest BCUT2D eigenvalue weighted by atomic mass is 9.88. The number of carbonyl (C=O) groups is 3. The smallest absolute Gasteiger partial charge is 0.247 e. The fraction of sp³-hybridized carbons (Fsp3) is 0.464. The van der Waals surface area contributed by atoms with E-state index >= 15 is 4.39 Å². The zero-order valence-electron chi connectivity index (χ0n) is 21.3. The van der Waals surface area contributed by atoms with Gasteiger partial charge in [-0.15, -0.1) is 0 Å². The highest BCUT2D eigenvalue weighted by Gasteiger charge is 2.49. The number of amides is 3.